The van der Waals surface area contributed by atoms with Crippen molar-refractivity contribution in [2.75, 3.05) is 6.54 Å². The van der Waals surface area contributed by atoms with Crippen LogP contribution in [0.4, 0.5) is 0 Å². The lowest BCUT2D eigenvalue weighted by molar-refractivity contribution is -0.146. The molecule has 94 valence electrons. The zero-order chi connectivity index (χ0) is 12.8. The topological polar surface area (TPSA) is 79.5 Å². The van der Waals surface area contributed by atoms with E-state index < -0.39 is 17.8 Å². The first kappa shape index (κ1) is 13.3. The summed E-state index contributed by atoms with van der Waals surface area (Å²) in [5.74, 6) is -1.63. The van der Waals surface area contributed by atoms with Crippen molar-refractivity contribution in [1.82, 2.24) is 5.32 Å². The molecule has 1 aromatic heterocycles. The van der Waals surface area contributed by atoms with Gasteiger partial charge in [0.1, 0.15) is 5.76 Å². The summed E-state index contributed by atoms with van der Waals surface area (Å²) < 4.78 is 5.12. The molecule has 0 aromatic carbocycles. The fourth-order valence-electron chi connectivity index (χ4n) is 1.37. The first-order valence-corrected chi connectivity index (χ1v) is 5.55. The predicted molar refractivity (Wildman–Crippen MR) is 61.4 cm³/mol. The van der Waals surface area contributed by atoms with E-state index in [9.17, 15) is 9.59 Å². The average molecular weight is 239 g/mol. The Morgan fingerprint density at radius 3 is 2.65 bits per heavy atom. The van der Waals surface area contributed by atoms with Gasteiger partial charge in [-0.1, -0.05) is 13.8 Å². The molecule has 2 N–H and O–H groups in total. The minimum absolute atomic E-state index is 0.244. The van der Waals surface area contributed by atoms with Crippen molar-refractivity contribution < 1.29 is 19.1 Å². The summed E-state index contributed by atoms with van der Waals surface area (Å²) in [5.41, 5.74) is 0. The second-order valence-electron chi connectivity index (χ2n) is 4.04. The zero-order valence-electron chi connectivity index (χ0n) is 9.97. The lowest BCUT2D eigenvalue weighted by atomic mass is 9.95. The second kappa shape index (κ2) is 6.08. The molecule has 2 unspecified atom stereocenters. The van der Waals surface area contributed by atoms with Crippen LogP contribution in [0, 0.1) is 11.8 Å². The van der Waals surface area contributed by atoms with Crippen molar-refractivity contribution in [1.29, 1.82) is 0 Å². The summed E-state index contributed by atoms with van der Waals surface area (Å²) in [7, 11) is 0. The molecule has 0 aliphatic heterocycles. The third kappa shape index (κ3) is 3.94. The third-order valence-electron chi connectivity index (χ3n) is 2.80. The molecule has 0 saturated heterocycles. The number of rotatable bonds is 6. The number of carbonyl (C=O) groups is 2. The van der Waals surface area contributed by atoms with Crippen LogP contribution in [-0.2, 0) is 16.0 Å². The molecule has 1 amide bonds. The van der Waals surface area contributed by atoms with Crippen LogP contribution < -0.4 is 5.32 Å². The van der Waals surface area contributed by atoms with E-state index in [-0.39, 0.29) is 5.91 Å². The Bertz CT molecular complexity index is 372. The predicted octanol–water partition coefficient (Wildman–Crippen LogP) is 1.30. The van der Waals surface area contributed by atoms with Gasteiger partial charge in [-0.25, -0.2) is 0 Å². The van der Waals surface area contributed by atoms with Crippen molar-refractivity contribution in [2.24, 2.45) is 11.8 Å². The molecule has 0 fully saturated rings. The first-order valence-electron chi connectivity index (χ1n) is 5.55. The van der Waals surface area contributed by atoms with E-state index in [2.05, 4.69) is 5.32 Å². The second-order valence-corrected chi connectivity index (χ2v) is 4.04. The van der Waals surface area contributed by atoms with Crippen molar-refractivity contribution >= 4 is 11.9 Å². The summed E-state index contributed by atoms with van der Waals surface area (Å²) >= 11 is 0. The largest absolute Gasteiger partial charge is 0.481 e. The van der Waals surface area contributed by atoms with Crippen molar-refractivity contribution in [3.05, 3.63) is 24.2 Å². The van der Waals surface area contributed by atoms with Crippen LogP contribution in [0.3, 0.4) is 0 Å². The number of carboxylic acid groups (broad SMARTS) is 1. The van der Waals surface area contributed by atoms with Crippen LogP contribution in [0.25, 0.3) is 0 Å². The molecule has 1 aromatic rings. The number of hydrogen-bond acceptors (Lipinski definition) is 3. The van der Waals surface area contributed by atoms with Crippen LogP contribution >= 0.6 is 0 Å². The van der Waals surface area contributed by atoms with Gasteiger partial charge in [0.15, 0.2) is 0 Å². The maximum absolute atomic E-state index is 11.6. The number of hydrogen-bond donors (Lipinski definition) is 2. The summed E-state index contributed by atoms with van der Waals surface area (Å²) in [6.07, 6.45) is 2.18. The Morgan fingerprint density at radius 2 is 2.12 bits per heavy atom. The normalized spacial score (nSPS) is 14.0. The molecular weight excluding hydrogens is 222 g/mol. The molecule has 0 bridgehead atoms. The smallest absolute Gasteiger partial charge is 0.307 e. The molecule has 1 heterocycles. The first-order chi connectivity index (χ1) is 8.02. The Kier molecular flexibility index (Phi) is 4.75. The highest BCUT2D eigenvalue weighted by atomic mass is 16.4. The van der Waals surface area contributed by atoms with E-state index in [1.54, 1.807) is 19.3 Å². The summed E-state index contributed by atoms with van der Waals surface area (Å²) in [6, 6.07) is 3.61. The summed E-state index contributed by atoms with van der Waals surface area (Å²) in [6.45, 7) is 3.59. The van der Waals surface area contributed by atoms with Gasteiger partial charge in [-0.15, -0.1) is 0 Å². The Balaban J connectivity index is 2.32. The Morgan fingerprint density at radius 1 is 1.41 bits per heavy atom. The highest BCUT2D eigenvalue weighted by molar-refractivity contribution is 5.84. The van der Waals surface area contributed by atoms with E-state index >= 15 is 0 Å². The van der Waals surface area contributed by atoms with E-state index in [0.717, 1.165) is 5.76 Å². The molecule has 5 heteroatoms. The molecule has 0 saturated carbocycles. The minimum Gasteiger partial charge on any atom is -0.481 e. The monoisotopic (exact) mass is 239 g/mol. The van der Waals surface area contributed by atoms with E-state index in [1.165, 1.54) is 6.92 Å². The quantitative estimate of drug-likeness (QED) is 0.784. The van der Waals surface area contributed by atoms with Gasteiger partial charge < -0.3 is 14.8 Å². The molecular formula is C12H17NO4. The molecule has 0 aliphatic rings. The number of furan rings is 1. The Labute approximate surface area is 99.8 Å². The maximum Gasteiger partial charge on any atom is 0.307 e. The lowest BCUT2D eigenvalue weighted by Crippen LogP contribution is -2.36. The van der Waals surface area contributed by atoms with Crippen molar-refractivity contribution in [2.45, 2.75) is 20.3 Å². The maximum atomic E-state index is 11.6. The molecule has 0 aliphatic carbocycles. The molecule has 5 nitrogen and oxygen atoms in total. The zero-order valence-corrected chi connectivity index (χ0v) is 9.97. The van der Waals surface area contributed by atoms with Crippen LogP contribution in [0.5, 0.6) is 0 Å². The fourth-order valence-corrected chi connectivity index (χ4v) is 1.37. The van der Waals surface area contributed by atoms with Gasteiger partial charge in [-0.05, 0) is 12.1 Å². The van der Waals surface area contributed by atoms with Crippen LogP contribution in [-0.4, -0.2) is 23.5 Å². The van der Waals surface area contributed by atoms with Gasteiger partial charge in [0, 0.05) is 18.9 Å². The fraction of sp³-hybridized carbons (Fsp3) is 0.500. The number of aliphatic carboxylic acids is 1. The van der Waals surface area contributed by atoms with Crippen LogP contribution in [0.15, 0.2) is 22.8 Å². The molecule has 0 spiro atoms. The number of nitrogens with one attached hydrogen (secondary N) is 1. The average Bonchev–Trinajstić information content (AvgIpc) is 2.79. The van der Waals surface area contributed by atoms with Gasteiger partial charge >= 0.3 is 5.97 Å². The van der Waals surface area contributed by atoms with Gasteiger partial charge in [0.2, 0.25) is 5.91 Å². The third-order valence-corrected chi connectivity index (χ3v) is 2.80. The molecule has 1 rings (SSSR count). The van der Waals surface area contributed by atoms with Gasteiger partial charge in [-0.2, -0.15) is 0 Å². The van der Waals surface area contributed by atoms with E-state index in [1.807, 2.05) is 6.07 Å². The van der Waals surface area contributed by atoms with Gasteiger partial charge in [-0.3, -0.25) is 9.59 Å². The highest BCUT2D eigenvalue weighted by Crippen LogP contribution is 2.11. The number of carboxylic acids is 1. The Hall–Kier alpha value is -1.78. The van der Waals surface area contributed by atoms with Crippen LogP contribution in [0.1, 0.15) is 19.6 Å². The number of amides is 1. The molecule has 0 radical (unpaired) electrons. The lowest BCUT2D eigenvalue weighted by Gasteiger charge is -2.15. The van der Waals surface area contributed by atoms with Crippen molar-refractivity contribution in [3.8, 4) is 0 Å². The van der Waals surface area contributed by atoms with E-state index in [4.69, 9.17) is 9.52 Å². The molecule has 2 atom stereocenters. The van der Waals surface area contributed by atoms with Crippen molar-refractivity contribution in [3.63, 3.8) is 0 Å². The minimum atomic E-state index is -0.960. The standard InChI is InChI=1S/C12H17NO4/c1-8(9(2)12(15)16)11(14)13-6-5-10-4-3-7-17-10/h3-4,7-9H,5-6H2,1-2H3,(H,13,14)(H,15,16). The SMILES string of the molecule is CC(C(=O)O)C(C)C(=O)NCCc1ccco1. The van der Waals surface area contributed by atoms with E-state index in [0.29, 0.717) is 13.0 Å². The highest BCUT2D eigenvalue weighted by Gasteiger charge is 2.25. The number of carbonyl (C=O) groups excluding carboxylic acids is 1. The summed E-state index contributed by atoms with van der Waals surface area (Å²) in [5, 5.41) is 11.5. The molecule has 17 heavy (non-hydrogen) atoms. The van der Waals surface area contributed by atoms with Crippen LogP contribution in [0.2, 0.25) is 0 Å². The van der Waals surface area contributed by atoms with Gasteiger partial charge in [0.05, 0.1) is 12.2 Å². The van der Waals surface area contributed by atoms with Gasteiger partial charge in [0.25, 0.3) is 0 Å². The summed E-state index contributed by atoms with van der Waals surface area (Å²) in [4.78, 5) is 22.3.